The van der Waals surface area contributed by atoms with Crippen molar-refractivity contribution < 1.29 is 9.90 Å². The predicted molar refractivity (Wildman–Crippen MR) is 95.0 cm³/mol. The van der Waals surface area contributed by atoms with E-state index in [1.807, 2.05) is 35.9 Å². The topological polar surface area (TPSA) is 67.2 Å². The molecule has 1 heterocycles. The molecule has 0 unspecified atom stereocenters. The van der Waals surface area contributed by atoms with Gasteiger partial charge in [-0.15, -0.1) is 0 Å². The summed E-state index contributed by atoms with van der Waals surface area (Å²) in [5, 5.41) is 16.4. The molecule has 0 aliphatic heterocycles. The van der Waals surface area contributed by atoms with E-state index in [4.69, 9.17) is 5.11 Å². The number of aliphatic hydroxyl groups excluding tert-OH is 1. The summed E-state index contributed by atoms with van der Waals surface area (Å²) in [5.74, 6) is -0.0725. The molecule has 5 nitrogen and oxygen atoms in total. The summed E-state index contributed by atoms with van der Waals surface area (Å²) in [6, 6.07) is 8.11. The standard InChI is InChI=1S/C19H27N3O2/c1-4-17(5-2)22-14(3)18(12-21-22)19(24)20-11-10-15-6-8-16(13-23)9-7-15/h6-9,12,17,23H,4-5,10-11,13H2,1-3H3,(H,20,24). The van der Waals surface area contributed by atoms with Gasteiger partial charge in [-0.1, -0.05) is 38.1 Å². The minimum Gasteiger partial charge on any atom is -0.392 e. The van der Waals surface area contributed by atoms with Crippen LogP contribution in [0.5, 0.6) is 0 Å². The molecule has 1 aromatic heterocycles. The average Bonchev–Trinajstić information content (AvgIpc) is 2.98. The Kier molecular flexibility index (Phi) is 6.55. The minimum absolute atomic E-state index is 0.0524. The number of nitrogens with zero attached hydrogens (tertiary/aromatic N) is 2. The number of amides is 1. The Morgan fingerprint density at radius 2 is 1.83 bits per heavy atom. The van der Waals surface area contributed by atoms with Crippen LogP contribution in [0.15, 0.2) is 30.5 Å². The maximum Gasteiger partial charge on any atom is 0.254 e. The summed E-state index contributed by atoms with van der Waals surface area (Å²) < 4.78 is 1.96. The van der Waals surface area contributed by atoms with E-state index in [0.717, 1.165) is 36.1 Å². The predicted octanol–water partition coefficient (Wildman–Crippen LogP) is 3.02. The van der Waals surface area contributed by atoms with Gasteiger partial charge < -0.3 is 10.4 Å². The highest BCUT2D eigenvalue weighted by atomic mass is 16.3. The van der Waals surface area contributed by atoms with Crippen LogP contribution < -0.4 is 5.32 Å². The maximum atomic E-state index is 12.4. The molecule has 2 rings (SSSR count). The van der Waals surface area contributed by atoms with Gasteiger partial charge in [0.15, 0.2) is 0 Å². The van der Waals surface area contributed by atoms with Crippen LogP contribution in [0.4, 0.5) is 0 Å². The molecule has 5 heteroatoms. The van der Waals surface area contributed by atoms with E-state index in [1.54, 1.807) is 6.20 Å². The van der Waals surface area contributed by atoms with Crippen LogP contribution in [0.3, 0.4) is 0 Å². The van der Waals surface area contributed by atoms with Crippen molar-refractivity contribution in [3.8, 4) is 0 Å². The fraction of sp³-hybridized carbons (Fsp3) is 0.474. The van der Waals surface area contributed by atoms with Crippen molar-refractivity contribution in [2.45, 2.75) is 52.7 Å². The van der Waals surface area contributed by atoms with Gasteiger partial charge in [0.05, 0.1) is 24.4 Å². The number of nitrogens with one attached hydrogen (secondary N) is 1. The molecule has 0 bridgehead atoms. The highest BCUT2D eigenvalue weighted by molar-refractivity contribution is 5.95. The summed E-state index contributed by atoms with van der Waals surface area (Å²) in [4.78, 5) is 12.4. The number of hydrogen-bond donors (Lipinski definition) is 2. The number of hydrogen-bond acceptors (Lipinski definition) is 3. The molecule has 0 radical (unpaired) electrons. The zero-order chi connectivity index (χ0) is 17.5. The first kappa shape index (κ1) is 18.2. The lowest BCUT2D eigenvalue weighted by atomic mass is 10.1. The van der Waals surface area contributed by atoms with Crippen LogP contribution in [0.2, 0.25) is 0 Å². The Bertz CT molecular complexity index is 658. The lowest BCUT2D eigenvalue weighted by molar-refractivity contribution is 0.0953. The van der Waals surface area contributed by atoms with Gasteiger partial charge in [0, 0.05) is 12.2 Å². The number of carbonyl (C=O) groups excluding carboxylic acids is 1. The van der Waals surface area contributed by atoms with E-state index in [1.165, 1.54) is 0 Å². The molecule has 0 spiro atoms. The van der Waals surface area contributed by atoms with Crippen LogP contribution in [0, 0.1) is 6.92 Å². The SMILES string of the molecule is CCC(CC)n1ncc(C(=O)NCCc2ccc(CO)cc2)c1C. The third-order valence-electron chi connectivity index (χ3n) is 4.48. The lowest BCUT2D eigenvalue weighted by Crippen LogP contribution is -2.26. The first-order chi connectivity index (χ1) is 11.6. The molecule has 1 aromatic carbocycles. The monoisotopic (exact) mass is 329 g/mol. The molecule has 0 fully saturated rings. The third-order valence-corrected chi connectivity index (χ3v) is 4.48. The van der Waals surface area contributed by atoms with Crippen molar-refractivity contribution in [3.63, 3.8) is 0 Å². The van der Waals surface area contributed by atoms with Crippen LogP contribution in [-0.4, -0.2) is 27.3 Å². The van der Waals surface area contributed by atoms with Crippen molar-refractivity contribution in [3.05, 3.63) is 52.8 Å². The Labute approximate surface area is 143 Å². The largest absolute Gasteiger partial charge is 0.392 e. The molecule has 1 amide bonds. The third kappa shape index (κ3) is 4.23. The van der Waals surface area contributed by atoms with Crippen molar-refractivity contribution in [2.75, 3.05) is 6.54 Å². The second-order valence-corrected chi connectivity index (χ2v) is 6.04. The zero-order valence-corrected chi connectivity index (χ0v) is 14.7. The Hall–Kier alpha value is -2.14. The quantitative estimate of drug-likeness (QED) is 0.782. The number of rotatable bonds is 8. The Morgan fingerprint density at radius 3 is 2.42 bits per heavy atom. The lowest BCUT2D eigenvalue weighted by Gasteiger charge is -2.15. The van der Waals surface area contributed by atoms with Gasteiger partial charge in [0.1, 0.15) is 0 Å². The molecule has 2 N–H and O–H groups in total. The molecule has 2 aromatic rings. The summed E-state index contributed by atoms with van der Waals surface area (Å²) in [6.45, 7) is 6.85. The van der Waals surface area contributed by atoms with Crippen molar-refractivity contribution in [1.29, 1.82) is 0 Å². The molecule has 0 atom stereocenters. The van der Waals surface area contributed by atoms with Gasteiger partial charge in [0.2, 0.25) is 0 Å². The van der Waals surface area contributed by atoms with Gasteiger partial charge in [-0.25, -0.2) is 0 Å². The maximum absolute atomic E-state index is 12.4. The normalized spacial score (nSPS) is 11.0. The average molecular weight is 329 g/mol. The second kappa shape index (κ2) is 8.64. The molecule has 24 heavy (non-hydrogen) atoms. The summed E-state index contributed by atoms with van der Waals surface area (Å²) in [6.07, 6.45) is 4.43. The summed E-state index contributed by atoms with van der Waals surface area (Å²) >= 11 is 0. The van der Waals surface area contributed by atoms with Crippen molar-refractivity contribution >= 4 is 5.91 Å². The Balaban J connectivity index is 1.92. The summed E-state index contributed by atoms with van der Waals surface area (Å²) in [7, 11) is 0. The van der Waals surface area contributed by atoms with Crippen LogP contribution >= 0.6 is 0 Å². The van der Waals surface area contributed by atoms with Gasteiger partial charge in [-0.05, 0) is 37.3 Å². The highest BCUT2D eigenvalue weighted by Crippen LogP contribution is 2.19. The van der Waals surface area contributed by atoms with E-state index in [-0.39, 0.29) is 12.5 Å². The van der Waals surface area contributed by atoms with Gasteiger partial charge >= 0.3 is 0 Å². The molecule has 130 valence electrons. The molecule has 0 saturated heterocycles. The van der Waals surface area contributed by atoms with E-state index in [0.29, 0.717) is 18.2 Å². The Morgan fingerprint density at radius 1 is 1.21 bits per heavy atom. The van der Waals surface area contributed by atoms with E-state index >= 15 is 0 Å². The first-order valence-corrected chi connectivity index (χ1v) is 8.61. The number of carbonyl (C=O) groups is 1. The number of aliphatic hydroxyl groups is 1. The van der Waals surface area contributed by atoms with E-state index < -0.39 is 0 Å². The first-order valence-electron chi connectivity index (χ1n) is 8.61. The fourth-order valence-electron chi connectivity index (χ4n) is 2.88. The van der Waals surface area contributed by atoms with Crippen LogP contribution in [0.1, 0.15) is 59.9 Å². The fourth-order valence-corrected chi connectivity index (χ4v) is 2.88. The van der Waals surface area contributed by atoms with Crippen LogP contribution in [0.25, 0.3) is 0 Å². The minimum atomic E-state index is -0.0725. The highest BCUT2D eigenvalue weighted by Gasteiger charge is 2.17. The van der Waals surface area contributed by atoms with Gasteiger partial charge in [-0.2, -0.15) is 5.10 Å². The summed E-state index contributed by atoms with van der Waals surface area (Å²) in [5.41, 5.74) is 3.61. The smallest absolute Gasteiger partial charge is 0.254 e. The number of aromatic nitrogens is 2. The molecular weight excluding hydrogens is 302 g/mol. The molecule has 0 aliphatic carbocycles. The van der Waals surface area contributed by atoms with Gasteiger partial charge in [0.25, 0.3) is 5.91 Å². The second-order valence-electron chi connectivity index (χ2n) is 6.04. The van der Waals surface area contributed by atoms with Crippen molar-refractivity contribution in [1.82, 2.24) is 15.1 Å². The van der Waals surface area contributed by atoms with E-state index in [9.17, 15) is 4.79 Å². The number of benzene rings is 1. The van der Waals surface area contributed by atoms with E-state index in [2.05, 4.69) is 24.3 Å². The molecular formula is C19H27N3O2. The van der Waals surface area contributed by atoms with Gasteiger partial charge in [-0.3, -0.25) is 9.48 Å². The zero-order valence-electron chi connectivity index (χ0n) is 14.7. The van der Waals surface area contributed by atoms with Crippen LogP contribution in [-0.2, 0) is 13.0 Å². The van der Waals surface area contributed by atoms with Crippen molar-refractivity contribution in [2.24, 2.45) is 0 Å². The molecule has 0 saturated carbocycles. The molecule has 0 aliphatic rings.